The molecule has 27 heavy (non-hydrogen) atoms. The minimum atomic E-state index is -3.19. The molecule has 1 heterocycles. The molecule has 0 spiro atoms. The molecule has 5 rings (SSSR count). The van der Waals surface area contributed by atoms with Crippen molar-refractivity contribution in [3.05, 3.63) is 0 Å². The number of nitrogens with one attached hydrogen (secondary N) is 1. The molecule has 2 atom stereocenters. The van der Waals surface area contributed by atoms with Crippen LogP contribution in [0.15, 0.2) is 0 Å². The van der Waals surface area contributed by atoms with E-state index in [1.807, 2.05) is 0 Å². The van der Waals surface area contributed by atoms with Gasteiger partial charge in [-0.2, -0.15) is 0 Å². The summed E-state index contributed by atoms with van der Waals surface area (Å²) in [6.07, 6.45) is 7.87. The van der Waals surface area contributed by atoms with Gasteiger partial charge in [0.05, 0.1) is 18.8 Å². The van der Waals surface area contributed by atoms with Gasteiger partial charge in [0.2, 0.25) is 15.9 Å². The molecule has 1 aliphatic heterocycles. The van der Waals surface area contributed by atoms with Gasteiger partial charge in [0, 0.05) is 24.5 Å². The number of carbonyl (C=O) groups is 2. The number of ether oxygens (including phenoxy) is 1. The fourth-order valence-corrected chi connectivity index (χ4v) is 7.55. The Morgan fingerprint density at radius 3 is 2.19 bits per heavy atom. The van der Waals surface area contributed by atoms with Gasteiger partial charge < -0.3 is 10.1 Å². The lowest BCUT2D eigenvalue weighted by molar-refractivity contribution is -0.173. The van der Waals surface area contributed by atoms with E-state index in [2.05, 4.69) is 5.32 Å². The maximum atomic E-state index is 13.0. The Hall–Kier alpha value is -1.15. The van der Waals surface area contributed by atoms with Gasteiger partial charge in [-0.3, -0.25) is 9.59 Å². The second-order valence-corrected chi connectivity index (χ2v) is 11.4. The van der Waals surface area contributed by atoms with Crippen LogP contribution in [0.25, 0.3) is 0 Å². The number of amides is 1. The van der Waals surface area contributed by atoms with Crippen LogP contribution in [0, 0.1) is 23.2 Å². The number of hydrogen-bond donors (Lipinski definition) is 1. The highest BCUT2D eigenvalue weighted by atomic mass is 32.2. The highest BCUT2D eigenvalue weighted by Gasteiger charge is 2.61. The lowest BCUT2D eigenvalue weighted by atomic mass is 9.47. The third kappa shape index (κ3) is 3.39. The summed E-state index contributed by atoms with van der Waals surface area (Å²) in [6, 6.07) is 0. The van der Waals surface area contributed by atoms with E-state index in [1.54, 1.807) is 0 Å². The molecule has 5 aliphatic rings. The van der Waals surface area contributed by atoms with E-state index >= 15 is 0 Å². The highest BCUT2D eigenvalue weighted by Crippen LogP contribution is 2.62. The second kappa shape index (κ2) is 6.44. The molecule has 0 radical (unpaired) electrons. The molecule has 0 aromatic carbocycles. The number of nitrogens with zero attached hydrogens (tertiary/aromatic N) is 1. The smallest absolute Gasteiger partial charge is 0.311 e. The van der Waals surface area contributed by atoms with E-state index < -0.39 is 15.4 Å². The molecule has 4 aliphatic carbocycles. The van der Waals surface area contributed by atoms with Crippen molar-refractivity contribution in [1.82, 2.24) is 9.62 Å². The van der Waals surface area contributed by atoms with E-state index in [4.69, 9.17) is 4.74 Å². The van der Waals surface area contributed by atoms with E-state index in [9.17, 15) is 18.0 Å². The van der Waals surface area contributed by atoms with E-state index in [0.717, 1.165) is 32.1 Å². The maximum Gasteiger partial charge on any atom is 0.311 e. The quantitative estimate of drug-likeness (QED) is 0.720. The van der Waals surface area contributed by atoms with Crippen molar-refractivity contribution in [3.8, 4) is 0 Å². The van der Waals surface area contributed by atoms with E-state index in [1.165, 1.54) is 17.7 Å². The van der Waals surface area contributed by atoms with Crippen molar-refractivity contribution in [2.75, 3.05) is 26.5 Å². The Morgan fingerprint density at radius 1 is 1.07 bits per heavy atom. The fraction of sp³-hybridized carbons (Fsp3) is 0.895. The van der Waals surface area contributed by atoms with Gasteiger partial charge in [0.15, 0.2) is 0 Å². The molecule has 4 bridgehead atoms. The largest absolute Gasteiger partial charge is 0.469 e. The Labute approximate surface area is 161 Å². The van der Waals surface area contributed by atoms with E-state index in [-0.39, 0.29) is 23.3 Å². The van der Waals surface area contributed by atoms with Gasteiger partial charge in [-0.25, -0.2) is 12.7 Å². The first-order chi connectivity index (χ1) is 12.6. The summed E-state index contributed by atoms with van der Waals surface area (Å²) in [5.74, 6) is 0.738. The molecular formula is C19H30N2O5S. The Bertz CT molecular complexity index is 727. The van der Waals surface area contributed by atoms with Crippen LogP contribution in [0.5, 0.6) is 0 Å². The number of sulfonamides is 1. The predicted molar refractivity (Wildman–Crippen MR) is 99.1 cm³/mol. The van der Waals surface area contributed by atoms with Gasteiger partial charge in [-0.05, 0) is 63.2 Å². The molecule has 4 saturated carbocycles. The number of methoxy groups -OCH3 is 1. The molecule has 1 saturated heterocycles. The molecule has 0 unspecified atom stereocenters. The first kappa shape index (κ1) is 19.2. The molecule has 7 nitrogen and oxygen atoms in total. The standard InChI is InChI=1S/C19H30N2O5S/c1-26-17(23)18-8-13-7-14(9-18)11-19(10-13,12-18)20-16(22)15-3-5-21(6-4-15)27(2,24)25/h13-15H,3-12H2,1-2H3,(H,20,22)/t13-,14-,18?,19?/m1/s1. The second-order valence-electron chi connectivity index (χ2n) is 9.44. The summed E-state index contributed by atoms with van der Waals surface area (Å²) < 4.78 is 29.9. The molecule has 1 amide bonds. The number of piperidine rings is 1. The normalized spacial score (nSPS) is 39.3. The van der Waals surface area contributed by atoms with Crippen LogP contribution in [0.2, 0.25) is 0 Å². The van der Waals surface area contributed by atoms with Crippen molar-refractivity contribution in [3.63, 3.8) is 0 Å². The number of hydrogen-bond acceptors (Lipinski definition) is 5. The number of esters is 1. The van der Waals surface area contributed by atoms with Crippen LogP contribution in [-0.4, -0.2) is 56.6 Å². The molecule has 8 heteroatoms. The van der Waals surface area contributed by atoms with Crippen LogP contribution >= 0.6 is 0 Å². The summed E-state index contributed by atoms with van der Waals surface area (Å²) in [5.41, 5.74) is -0.713. The molecule has 0 aromatic rings. The Kier molecular flexibility index (Phi) is 4.57. The molecule has 1 N–H and O–H groups in total. The first-order valence-electron chi connectivity index (χ1n) is 10.0. The minimum absolute atomic E-state index is 0.0325. The van der Waals surface area contributed by atoms with Crippen molar-refractivity contribution in [1.29, 1.82) is 0 Å². The third-order valence-corrected chi connectivity index (χ3v) is 8.66. The van der Waals surface area contributed by atoms with Gasteiger partial charge in [0.25, 0.3) is 0 Å². The van der Waals surface area contributed by atoms with Gasteiger partial charge in [-0.1, -0.05) is 0 Å². The Morgan fingerprint density at radius 2 is 1.67 bits per heavy atom. The summed E-state index contributed by atoms with van der Waals surface area (Å²) in [6.45, 7) is 0.808. The summed E-state index contributed by atoms with van der Waals surface area (Å²) in [7, 11) is -1.73. The molecular weight excluding hydrogens is 368 g/mol. The average molecular weight is 399 g/mol. The zero-order chi connectivity index (χ0) is 19.4. The van der Waals surface area contributed by atoms with Crippen LogP contribution in [-0.2, 0) is 24.3 Å². The summed E-state index contributed by atoms with van der Waals surface area (Å²) in [4.78, 5) is 25.5. The third-order valence-electron chi connectivity index (χ3n) is 7.36. The van der Waals surface area contributed by atoms with Crippen molar-refractivity contribution < 1.29 is 22.7 Å². The van der Waals surface area contributed by atoms with Crippen molar-refractivity contribution in [2.45, 2.75) is 56.9 Å². The van der Waals surface area contributed by atoms with Gasteiger partial charge >= 0.3 is 5.97 Å². The zero-order valence-electron chi connectivity index (χ0n) is 16.2. The summed E-state index contributed by atoms with van der Waals surface area (Å²) >= 11 is 0. The number of rotatable bonds is 4. The van der Waals surface area contributed by atoms with Crippen molar-refractivity contribution >= 4 is 21.9 Å². The van der Waals surface area contributed by atoms with E-state index in [0.29, 0.717) is 44.2 Å². The molecule has 0 aromatic heterocycles. The van der Waals surface area contributed by atoms with Crippen LogP contribution in [0.3, 0.4) is 0 Å². The predicted octanol–water partition coefficient (Wildman–Crippen LogP) is 1.29. The fourth-order valence-electron chi connectivity index (χ4n) is 6.68. The monoisotopic (exact) mass is 398 g/mol. The highest BCUT2D eigenvalue weighted by molar-refractivity contribution is 7.88. The Balaban J connectivity index is 1.45. The molecule has 5 fully saturated rings. The summed E-state index contributed by atoms with van der Waals surface area (Å²) in [5, 5.41) is 3.34. The van der Waals surface area contributed by atoms with Crippen LogP contribution in [0.4, 0.5) is 0 Å². The van der Waals surface area contributed by atoms with Crippen molar-refractivity contribution in [2.24, 2.45) is 23.2 Å². The maximum absolute atomic E-state index is 13.0. The molecule has 152 valence electrons. The first-order valence-corrected chi connectivity index (χ1v) is 11.9. The van der Waals surface area contributed by atoms with Gasteiger partial charge in [0.1, 0.15) is 0 Å². The SMILES string of the molecule is COC(=O)C12C[C@H]3C[C@@H](CC(NC(=O)C4CCN(S(C)(=O)=O)CC4)(C3)C1)C2. The topological polar surface area (TPSA) is 92.8 Å². The lowest BCUT2D eigenvalue weighted by Crippen LogP contribution is -2.65. The minimum Gasteiger partial charge on any atom is -0.469 e. The number of carbonyl (C=O) groups excluding carboxylic acids is 2. The van der Waals surface area contributed by atoms with Crippen LogP contribution in [0.1, 0.15) is 51.4 Å². The van der Waals surface area contributed by atoms with Gasteiger partial charge in [-0.15, -0.1) is 0 Å². The zero-order valence-corrected chi connectivity index (χ0v) is 17.0. The lowest BCUT2D eigenvalue weighted by Gasteiger charge is -2.61. The average Bonchev–Trinajstić information content (AvgIpc) is 2.58. The van der Waals surface area contributed by atoms with Crippen LogP contribution < -0.4 is 5.32 Å².